The maximum absolute atomic E-state index is 13.3. The molecule has 0 bridgehead atoms. The van der Waals surface area contributed by atoms with Crippen molar-refractivity contribution in [3.8, 4) is 11.3 Å². The second-order valence-corrected chi connectivity index (χ2v) is 7.25. The number of halogens is 1. The van der Waals surface area contributed by atoms with Crippen LogP contribution < -0.4 is 4.72 Å². The molecule has 5 nitrogen and oxygen atoms in total. The van der Waals surface area contributed by atoms with Gasteiger partial charge in [-0.3, -0.25) is 9.97 Å². The van der Waals surface area contributed by atoms with E-state index in [0.717, 1.165) is 17.2 Å². The molecule has 2 heterocycles. The third-order valence-electron chi connectivity index (χ3n) is 3.74. The van der Waals surface area contributed by atoms with Crippen LogP contribution in [0.1, 0.15) is 11.1 Å². The Labute approximate surface area is 145 Å². The van der Waals surface area contributed by atoms with Crippen molar-refractivity contribution in [2.24, 2.45) is 0 Å². The first-order chi connectivity index (χ1) is 12.0. The molecule has 0 unspecified atom stereocenters. The van der Waals surface area contributed by atoms with Crippen LogP contribution in [0.3, 0.4) is 0 Å². The molecule has 0 radical (unpaired) electrons. The molecule has 0 atom stereocenters. The summed E-state index contributed by atoms with van der Waals surface area (Å²) in [6.07, 6.45) is 4.95. The van der Waals surface area contributed by atoms with Crippen LogP contribution in [0.2, 0.25) is 0 Å². The van der Waals surface area contributed by atoms with Gasteiger partial charge in [-0.05, 0) is 54.4 Å². The first kappa shape index (κ1) is 17.2. The summed E-state index contributed by atoms with van der Waals surface area (Å²) in [6, 6.07) is 10.9. The predicted molar refractivity (Wildman–Crippen MR) is 92.6 cm³/mol. The molecule has 0 aliphatic carbocycles. The fourth-order valence-electron chi connectivity index (χ4n) is 2.39. The molecule has 128 valence electrons. The van der Waals surface area contributed by atoms with Crippen LogP contribution in [-0.2, 0) is 16.6 Å². The molecular weight excluding hydrogens is 341 g/mol. The Morgan fingerprint density at radius 1 is 1.08 bits per heavy atom. The lowest BCUT2D eigenvalue weighted by atomic mass is 10.1. The topological polar surface area (TPSA) is 72.0 Å². The van der Waals surface area contributed by atoms with E-state index in [1.807, 2.05) is 12.1 Å². The standard InChI is InChI=1S/C18H16FN3O2S/c1-13-11-16(4-5-17(13)19)25(23,24)22-12-15-3-2-8-21-18(15)14-6-9-20-10-7-14/h2-11,22H,12H2,1H3. The number of nitrogens with one attached hydrogen (secondary N) is 1. The van der Waals surface area contributed by atoms with Gasteiger partial charge in [0.25, 0.3) is 0 Å². The summed E-state index contributed by atoms with van der Waals surface area (Å²) in [5.41, 5.74) is 2.54. The van der Waals surface area contributed by atoms with E-state index in [0.29, 0.717) is 5.69 Å². The minimum atomic E-state index is -3.75. The van der Waals surface area contributed by atoms with Crippen molar-refractivity contribution in [2.45, 2.75) is 18.4 Å². The first-order valence-corrected chi connectivity index (χ1v) is 9.06. The smallest absolute Gasteiger partial charge is 0.240 e. The van der Waals surface area contributed by atoms with Crippen LogP contribution in [0.4, 0.5) is 4.39 Å². The fourth-order valence-corrected chi connectivity index (χ4v) is 3.48. The second kappa shape index (κ2) is 7.08. The normalized spacial score (nSPS) is 11.4. The van der Waals surface area contributed by atoms with Crippen molar-refractivity contribution in [3.05, 3.63) is 78.0 Å². The van der Waals surface area contributed by atoms with Gasteiger partial charge in [0, 0.05) is 30.7 Å². The Balaban J connectivity index is 1.85. The van der Waals surface area contributed by atoms with Crippen molar-refractivity contribution in [3.63, 3.8) is 0 Å². The number of aromatic nitrogens is 2. The Morgan fingerprint density at radius 2 is 1.84 bits per heavy atom. The molecule has 0 saturated carbocycles. The van der Waals surface area contributed by atoms with Gasteiger partial charge >= 0.3 is 0 Å². The van der Waals surface area contributed by atoms with Gasteiger partial charge in [-0.2, -0.15) is 0 Å². The van der Waals surface area contributed by atoms with E-state index in [-0.39, 0.29) is 17.0 Å². The quantitative estimate of drug-likeness (QED) is 0.762. The van der Waals surface area contributed by atoms with E-state index in [9.17, 15) is 12.8 Å². The van der Waals surface area contributed by atoms with Crippen molar-refractivity contribution >= 4 is 10.0 Å². The molecular formula is C18H16FN3O2S. The molecule has 25 heavy (non-hydrogen) atoms. The molecule has 0 spiro atoms. The fraction of sp³-hybridized carbons (Fsp3) is 0.111. The molecule has 3 rings (SSSR count). The number of nitrogens with zero attached hydrogens (tertiary/aromatic N) is 2. The SMILES string of the molecule is Cc1cc(S(=O)(=O)NCc2cccnc2-c2ccncc2)ccc1F. The van der Waals surface area contributed by atoms with Crippen LogP contribution >= 0.6 is 0 Å². The number of aryl methyl sites for hydroxylation is 1. The van der Waals surface area contributed by atoms with Gasteiger partial charge in [-0.25, -0.2) is 17.5 Å². The molecule has 1 aromatic carbocycles. The molecule has 0 saturated heterocycles. The van der Waals surface area contributed by atoms with Gasteiger partial charge in [0.1, 0.15) is 5.82 Å². The molecule has 0 aliphatic rings. The Hall–Kier alpha value is -2.64. The number of pyridine rings is 2. The zero-order valence-corrected chi connectivity index (χ0v) is 14.3. The van der Waals surface area contributed by atoms with Crippen LogP contribution in [0.5, 0.6) is 0 Å². The summed E-state index contributed by atoms with van der Waals surface area (Å²) in [4.78, 5) is 8.34. The highest BCUT2D eigenvalue weighted by atomic mass is 32.2. The second-order valence-electron chi connectivity index (χ2n) is 5.48. The van der Waals surface area contributed by atoms with Crippen molar-refractivity contribution in [1.82, 2.24) is 14.7 Å². The molecule has 0 fully saturated rings. The summed E-state index contributed by atoms with van der Waals surface area (Å²) in [5.74, 6) is -0.439. The molecule has 3 aromatic rings. The molecule has 2 aromatic heterocycles. The minimum absolute atomic E-state index is 0.0285. The lowest BCUT2D eigenvalue weighted by Crippen LogP contribution is -2.23. The number of hydrogen-bond donors (Lipinski definition) is 1. The van der Waals surface area contributed by atoms with Crippen LogP contribution in [0, 0.1) is 12.7 Å². The molecule has 1 N–H and O–H groups in total. The van der Waals surface area contributed by atoms with Crippen LogP contribution in [0.15, 0.2) is 66.0 Å². The largest absolute Gasteiger partial charge is 0.265 e. The van der Waals surface area contributed by atoms with Gasteiger partial charge in [0.15, 0.2) is 0 Å². The maximum Gasteiger partial charge on any atom is 0.240 e. The van der Waals surface area contributed by atoms with E-state index in [2.05, 4.69) is 14.7 Å². The average Bonchev–Trinajstić information content (AvgIpc) is 2.63. The van der Waals surface area contributed by atoms with Gasteiger partial charge in [0.05, 0.1) is 10.6 Å². The number of sulfonamides is 1. The summed E-state index contributed by atoms with van der Waals surface area (Å²) < 4.78 is 40.8. The van der Waals surface area contributed by atoms with Crippen LogP contribution in [-0.4, -0.2) is 18.4 Å². The van der Waals surface area contributed by atoms with E-state index >= 15 is 0 Å². The Bertz CT molecular complexity index is 992. The first-order valence-electron chi connectivity index (χ1n) is 7.57. The van der Waals surface area contributed by atoms with E-state index in [4.69, 9.17) is 0 Å². The van der Waals surface area contributed by atoms with E-state index in [1.165, 1.54) is 19.1 Å². The van der Waals surface area contributed by atoms with E-state index < -0.39 is 15.8 Å². The zero-order chi connectivity index (χ0) is 17.9. The lowest BCUT2D eigenvalue weighted by Gasteiger charge is -2.11. The lowest BCUT2D eigenvalue weighted by molar-refractivity contribution is 0.579. The van der Waals surface area contributed by atoms with Crippen molar-refractivity contribution < 1.29 is 12.8 Å². The average molecular weight is 357 g/mol. The summed E-state index contributed by atoms with van der Waals surface area (Å²) >= 11 is 0. The van der Waals surface area contributed by atoms with Gasteiger partial charge in [-0.1, -0.05) is 6.07 Å². The summed E-state index contributed by atoms with van der Waals surface area (Å²) in [7, 11) is -3.75. The van der Waals surface area contributed by atoms with Crippen molar-refractivity contribution in [2.75, 3.05) is 0 Å². The van der Waals surface area contributed by atoms with Gasteiger partial charge < -0.3 is 0 Å². The minimum Gasteiger partial charge on any atom is -0.265 e. The van der Waals surface area contributed by atoms with Gasteiger partial charge in [-0.15, -0.1) is 0 Å². The predicted octanol–water partition coefficient (Wildman–Crippen LogP) is 3.07. The molecule has 0 amide bonds. The van der Waals surface area contributed by atoms with E-state index in [1.54, 1.807) is 30.7 Å². The summed E-state index contributed by atoms with van der Waals surface area (Å²) in [6.45, 7) is 1.60. The van der Waals surface area contributed by atoms with Crippen LogP contribution in [0.25, 0.3) is 11.3 Å². The Kier molecular flexibility index (Phi) is 4.87. The highest BCUT2D eigenvalue weighted by Gasteiger charge is 2.16. The number of hydrogen-bond acceptors (Lipinski definition) is 4. The van der Waals surface area contributed by atoms with Crippen molar-refractivity contribution in [1.29, 1.82) is 0 Å². The monoisotopic (exact) mass is 357 g/mol. The third-order valence-corrected chi connectivity index (χ3v) is 5.14. The highest BCUT2D eigenvalue weighted by molar-refractivity contribution is 7.89. The molecule has 0 aliphatic heterocycles. The third kappa shape index (κ3) is 3.89. The highest BCUT2D eigenvalue weighted by Crippen LogP contribution is 2.21. The summed E-state index contributed by atoms with van der Waals surface area (Å²) in [5, 5.41) is 0. The maximum atomic E-state index is 13.3. The number of rotatable bonds is 5. The van der Waals surface area contributed by atoms with Gasteiger partial charge in [0.2, 0.25) is 10.0 Å². The molecule has 7 heteroatoms. The Morgan fingerprint density at radius 3 is 2.56 bits per heavy atom. The zero-order valence-electron chi connectivity index (χ0n) is 13.5. The number of benzene rings is 1.